The summed E-state index contributed by atoms with van der Waals surface area (Å²) < 4.78 is 5.46. The molecule has 1 atom stereocenters. The van der Waals surface area contributed by atoms with Gasteiger partial charge in [0.1, 0.15) is 0 Å². The molecular weight excluding hydrogens is 358 g/mol. The molecule has 148 valence electrons. The fourth-order valence-electron chi connectivity index (χ4n) is 3.13. The van der Waals surface area contributed by atoms with E-state index >= 15 is 0 Å². The van der Waals surface area contributed by atoms with Crippen LogP contribution >= 0.6 is 0 Å². The lowest BCUT2D eigenvalue weighted by atomic mass is 10.0. The molecule has 9 heteroatoms. The molecule has 3 aromatic rings. The molecule has 1 aromatic carbocycles. The molecule has 1 unspecified atom stereocenters. The number of hydrogen-bond acceptors (Lipinski definition) is 8. The molecule has 0 radical (unpaired) electrons. The van der Waals surface area contributed by atoms with Gasteiger partial charge in [-0.2, -0.15) is 0 Å². The maximum Gasteiger partial charge on any atom is 0.207 e. The Morgan fingerprint density at radius 3 is 2.79 bits per heavy atom. The number of H-pyrrole nitrogens is 1. The summed E-state index contributed by atoms with van der Waals surface area (Å²) in [5.74, 6) is 1.64. The van der Waals surface area contributed by atoms with Crippen molar-refractivity contribution in [2.45, 2.75) is 19.4 Å². The van der Waals surface area contributed by atoms with Crippen molar-refractivity contribution < 1.29 is 9.84 Å². The molecule has 1 fully saturated rings. The van der Waals surface area contributed by atoms with Crippen molar-refractivity contribution in [3.8, 4) is 0 Å². The molecule has 1 saturated heterocycles. The number of ether oxygens (including phenoxy) is 1. The SMILES string of the molecule is Cc1cccc(Nc2nc3c(N4CCOCC4)nc(C(C)(N)CO)nc3[nH]2)c1. The number of fused-ring (bicyclic) bond motifs is 1. The van der Waals surface area contributed by atoms with Gasteiger partial charge in [0.2, 0.25) is 5.95 Å². The molecular formula is C19H25N7O2. The Hall–Kier alpha value is -2.75. The number of rotatable bonds is 5. The highest BCUT2D eigenvalue weighted by Crippen LogP contribution is 2.28. The van der Waals surface area contributed by atoms with Gasteiger partial charge in [-0.3, -0.25) is 0 Å². The van der Waals surface area contributed by atoms with Gasteiger partial charge in [-0.1, -0.05) is 12.1 Å². The summed E-state index contributed by atoms with van der Waals surface area (Å²) >= 11 is 0. The summed E-state index contributed by atoms with van der Waals surface area (Å²) in [4.78, 5) is 19.2. The van der Waals surface area contributed by atoms with Crippen LogP contribution in [0.4, 0.5) is 17.5 Å². The predicted octanol–water partition coefficient (Wildman–Crippen LogP) is 1.41. The van der Waals surface area contributed by atoms with E-state index in [0.717, 1.165) is 11.3 Å². The molecule has 1 aliphatic rings. The maximum atomic E-state index is 9.67. The highest BCUT2D eigenvalue weighted by molar-refractivity contribution is 5.86. The molecule has 9 nitrogen and oxygen atoms in total. The predicted molar refractivity (Wildman–Crippen MR) is 108 cm³/mol. The van der Waals surface area contributed by atoms with E-state index in [1.165, 1.54) is 0 Å². The number of aryl methyl sites for hydroxylation is 1. The lowest BCUT2D eigenvalue weighted by Gasteiger charge is -2.29. The van der Waals surface area contributed by atoms with Crippen LogP contribution in [0, 0.1) is 6.92 Å². The first-order chi connectivity index (χ1) is 13.5. The van der Waals surface area contributed by atoms with Crippen molar-refractivity contribution in [3.05, 3.63) is 35.7 Å². The van der Waals surface area contributed by atoms with E-state index in [-0.39, 0.29) is 6.61 Å². The quantitative estimate of drug-likeness (QED) is 0.521. The second-order valence-corrected chi connectivity index (χ2v) is 7.32. The van der Waals surface area contributed by atoms with Gasteiger partial charge in [-0.05, 0) is 31.5 Å². The minimum Gasteiger partial charge on any atom is -0.394 e. The van der Waals surface area contributed by atoms with Crippen LogP contribution in [0.2, 0.25) is 0 Å². The van der Waals surface area contributed by atoms with Crippen LogP contribution in [0.15, 0.2) is 24.3 Å². The number of imidazole rings is 1. The zero-order chi connectivity index (χ0) is 19.7. The summed E-state index contributed by atoms with van der Waals surface area (Å²) in [5.41, 5.74) is 8.47. The highest BCUT2D eigenvalue weighted by atomic mass is 16.5. The van der Waals surface area contributed by atoms with Crippen LogP contribution in [0.3, 0.4) is 0 Å². The molecule has 0 aliphatic carbocycles. The standard InChI is InChI=1S/C19H25N7O2/c1-12-4-3-5-13(10-12)21-18-22-14-15(24-18)23-17(19(2,20)11-27)25-16(14)26-6-8-28-9-7-26/h3-5,10,27H,6-9,11,20H2,1-2H3,(H2,21,22,23,24,25). The molecule has 5 N–H and O–H groups in total. The molecule has 0 amide bonds. The van der Waals surface area contributed by atoms with Crippen molar-refractivity contribution in [2.24, 2.45) is 5.73 Å². The number of aliphatic hydroxyl groups excluding tert-OH is 1. The Balaban J connectivity index is 1.78. The van der Waals surface area contributed by atoms with E-state index < -0.39 is 5.54 Å². The normalized spacial score (nSPS) is 16.9. The minimum atomic E-state index is -1.05. The topological polar surface area (TPSA) is 125 Å². The summed E-state index contributed by atoms with van der Waals surface area (Å²) in [7, 11) is 0. The zero-order valence-electron chi connectivity index (χ0n) is 16.1. The summed E-state index contributed by atoms with van der Waals surface area (Å²) in [6, 6.07) is 8.03. The van der Waals surface area contributed by atoms with E-state index in [1.807, 2.05) is 31.2 Å². The Kier molecular flexibility index (Phi) is 4.88. The van der Waals surface area contributed by atoms with Gasteiger partial charge in [0, 0.05) is 18.8 Å². The van der Waals surface area contributed by atoms with Crippen LogP contribution in [-0.4, -0.2) is 58.0 Å². The number of aromatic nitrogens is 4. The van der Waals surface area contributed by atoms with Gasteiger partial charge in [-0.15, -0.1) is 0 Å². The largest absolute Gasteiger partial charge is 0.394 e. The van der Waals surface area contributed by atoms with Gasteiger partial charge in [-0.25, -0.2) is 15.0 Å². The first kappa shape index (κ1) is 18.6. The van der Waals surface area contributed by atoms with Crippen LogP contribution in [0.5, 0.6) is 0 Å². The molecule has 28 heavy (non-hydrogen) atoms. The smallest absolute Gasteiger partial charge is 0.207 e. The summed E-state index contributed by atoms with van der Waals surface area (Å²) in [6.07, 6.45) is 0. The zero-order valence-corrected chi connectivity index (χ0v) is 16.1. The fourth-order valence-corrected chi connectivity index (χ4v) is 3.13. The summed E-state index contributed by atoms with van der Waals surface area (Å²) in [6.45, 7) is 6.15. The number of aliphatic hydroxyl groups is 1. The monoisotopic (exact) mass is 383 g/mol. The van der Waals surface area contributed by atoms with E-state index in [9.17, 15) is 5.11 Å². The Morgan fingerprint density at radius 1 is 1.29 bits per heavy atom. The number of anilines is 3. The van der Waals surface area contributed by atoms with Crippen LogP contribution in [0.25, 0.3) is 11.2 Å². The Morgan fingerprint density at radius 2 is 2.07 bits per heavy atom. The van der Waals surface area contributed by atoms with Crippen LogP contribution in [0.1, 0.15) is 18.3 Å². The number of aromatic amines is 1. The van der Waals surface area contributed by atoms with Crippen molar-refractivity contribution >= 4 is 28.6 Å². The van der Waals surface area contributed by atoms with Crippen LogP contribution < -0.4 is 16.0 Å². The van der Waals surface area contributed by atoms with Gasteiger partial charge in [0.25, 0.3) is 0 Å². The first-order valence-corrected chi connectivity index (χ1v) is 9.30. The number of morpholine rings is 1. The number of hydrogen-bond donors (Lipinski definition) is 4. The second kappa shape index (κ2) is 7.34. The van der Waals surface area contributed by atoms with Crippen molar-refractivity contribution in [1.82, 2.24) is 19.9 Å². The van der Waals surface area contributed by atoms with E-state index in [2.05, 4.69) is 30.2 Å². The lowest BCUT2D eigenvalue weighted by Crippen LogP contribution is -2.41. The number of benzene rings is 1. The van der Waals surface area contributed by atoms with Gasteiger partial charge >= 0.3 is 0 Å². The molecule has 4 rings (SSSR count). The molecule has 0 spiro atoms. The molecule has 1 aliphatic heterocycles. The van der Waals surface area contributed by atoms with Crippen LogP contribution in [-0.2, 0) is 10.3 Å². The van der Waals surface area contributed by atoms with Gasteiger partial charge < -0.3 is 30.8 Å². The van der Waals surface area contributed by atoms with Gasteiger partial charge in [0.15, 0.2) is 22.8 Å². The maximum absolute atomic E-state index is 9.67. The third kappa shape index (κ3) is 3.64. The minimum absolute atomic E-state index is 0.260. The van der Waals surface area contributed by atoms with Crippen molar-refractivity contribution in [2.75, 3.05) is 43.1 Å². The molecule has 0 bridgehead atoms. The van der Waals surface area contributed by atoms with E-state index in [4.69, 9.17) is 10.5 Å². The second-order valence-electron chi connectivity index (χ2n) is 7.32. The lowest BCUT2D eigenvalue weighted by molar-refractivity contribution is 0.122. The molecule has 0 saturated carbocycles. The van der Waals surface area contributed by atoms with E-state index in [1.54, 1.807) is 6.92 Å². The molecule has 3 heterocycles. The van der Waals surface area contributed by atoms with Gasteiger partial charge in [0.05, 0.1) is 25.4 Å². The highest BCUT2D eigenvalue weighted by Gasteiger charge is 2.28. The van der Waals surface area contributed by atoms with Crippen molar-refractivity contribution in [3.63, 3.8) is 0 Å². The van der Waals surface area contributed by atoms with E-state index in [0.29, 0.717) is 55.1 Å². The Bertz CT molecular complexity index is 980. The number of nitrogens with zero attached hydrogens (tertiary/aromatic N) is 4. The Labute approximate surface area is 163 Å². The average Bonchev–Trinajstić information content (AvgIpc) is 3.10. The molecule has 2 aromatic heterocycles. The summed E-state index contributed by atoms with van der Waals surface area (Å²) in [5, 5.41) is 12.9. The number of nitrogens with two attached hydrogens (primary N) is 1. The fraction of sp³-hybridized carbons (Fsp3) is 0.421. The average molecular weight is 383 g/mol. The first-order valence-electron chi connectivity index (χ1n) is 9.30. The third-order valence-corrected chi connectivity index (χ3v) is 4.76. The number of nitrogens with one attached hydrogen (secondary N) is 2. The van der Waals surface area contributed by atoms with Crippen molar-refractivity contribution in [1.29, 1.82) is 0 Å². The third-order valence-electron chi connectivity index (χ3n) is 4.76.